The molecule has 2 rings (SSSR count). The fraction of sp³-hybridized carbons (Fsp3) is 0.692. The zero-order valence-electron chi connectivity index (χ0n) is 11.4. The summed E-state index contributed by atoms with van der Waals surface area (Å²) in [7, 11) is 0. The lowest BCUT2D eigenvalue weighted by atomic mass is 9.97. The average Bonchev–Trinajstić information content (AvgIpc) is 2.70. The van der Waals surface area contributed by atoms with Gasteiger partial charge in [-0.2, -0.15) is 5.10 Å². The topological polar surface area (TPSA) is 64.2 Å². The van der Waals surface area contributed by atoms with Gasteiger partial charge in [0.05, 0.1) is 11.9 Å². The van der Waals surface area contributed by atoms with Crippen molar-refractivity contribution in [2.24, 2.45) is 0 Å². The van der Waals surface area contributed by atoms with Crippen LogP contribution >= 0.6 is 0 Å². The molecular weight excluding hydrogens is 228 g/mol. The number of carbonyl (C=O) groups excluding carboxylic acids is 1. The maximum Gasteiger partial charge on any atom is 0.274 e. The Hall–Kier alpha value is -1.52. The molecule has 1 amide bonds. The van der Waals surface area contributed by atoms with Gasteiger partial charge in [0.25, 0.3) is 5.91 Å². The Kier molecular flexibility index (Phi) is 3.59. The van der Waals surface area contributed by atoms with Gasteiger partial charge in [-0.05, 0) is 40.0 Å². The molecule has 0 aromatic carbocycles. The fourth-order valence-corrected chi connectivity index (χ4v) is 2.82. The van der Waals surface area contributed by atoms with Gasteiger partial charge in [0.2, 0.25) is 0 Å². The van der Waals surface area contributed by atoms with Crippen LogP contribution in [0.1, 0.15) is 50.5 Å². The fourth-order valence-electron chi connectivity index (χ4n) is 2.82. The molecule has 0 bridgehead atoms. The highest BCUT2D eigenvalue weighted by atomic mass is 16.2. The average molecular weight is 250 g/mol. The van der Waals surface area contributed by atoms with Crippen molar-refractivity contribution in [1.82, 2.24) is 14.7 Å². The molecule has 0 aliphatic carbocycles. The first-order chi connectivity index (χ1) is 8.56. The summed E-state index contributed by atoms with van der Waals surface area (Å²) in [6.45, 7) is 6.84. The van der Waals surface area contributed by atoms with Gasteiger partial charge in [-0.1, -0.05) is 0 Å². The number of nitrogens with zero attached hydrogens (tertiary/aromatic N) is 3. The summed E-state index contributed by atoms with van der Waals surface area (Å²) in [5, 5.41) is 4.14. The molecule has 0 radical (unpaired) electrons. The molecule has 0 spiro atoms. The van der Waals surface area contributed by atoms with Crippen LogP contribution in [0.5, 0.6) is 0 Å². The first-order valence-electron chi connectivity index (χ1n) is 6.70. The number of nitrogens with two attached hydrogens (primary N) is 1. The van der Waals surface area contributed by atoms with E-state index < -0.39 is 0 Å². The van der Waals surface area contributed by atoms with Gasteiger partial charge in [-0.25, -0.2) is 0 Å². The van der Waals surface area contributed by atoms with Crippen molar-refractivity contribution in [3.05, 3.63) is 11.9 Å². The molecule has 2 unspecified atom stereocenters. The molecule has 1 fully saturated rings. The Labute approximate surface area is 108 Å². The number of aromatic nitrogens is 2. The predicted molar refractivity (Wildman–Crippen MR) is 71.3 cm³/mol. The van der Waals surface area contributed by atoms with E-state index in [4.69, 9.17) is 5.73 Å². The van der Waals surface area contributed by atoms with E-state index in [1.165, 1.54) is 6.42 Å². The predicted octanol–water partition coefficient (Wildman–Crippen LogP) is 1.89. The third-order valence-corrected chi connectivity index (χ3v) is 3.80. The monoisotopic (exact) mass is 250 g/mol. The first kappa shape index (κ1) is 12.9. The van der Waals surface area contributed by atoms with E-state index in [9.17, 15) is 4.79 Å². The van der Waals surface area contributed by atoms with Crippen molar-refractivity contribution in [3.63, 3.8) is 0 Å². The van der Waals surface area contributed by atoms with Crippen LogP contribution in [-0.2, 0) is 6.54 Å². The summed E-state index contributed by atoms with van der Waals surface area (Å²) in [5.41, 5.74) is 6.90. The molecule has 2 atom stereocenters. The SMILES string of the molecule is CCn1ncc(N)c1C(=O)N1C(C)CCCC1C. The second-order valence-corrected chi connectivity index (χ2v) is 5.11. The van der Waals surface area contributed by atoms with E-state index in [1.54, 1.807) is 10.9 Å². The van der Waals surface area contributed by atoms with E-state index in [0.717, 1.165) is 12.8 Å². The highest BCUT2D eigenvalue weighted by Crippen LogP contribution is 2.26. The summed E-state index contributed by atoms with van der Waals surface area (Å²) in [6.07, 6.45) is 4.89. The molecular formula is C13H22N4O. The van der Waals surface area contributed by atoms with Crippen LogP contribution in [0.25, 0.3) is 0 Å². The normalized spacial score (nSPS) is 24.3. The molecule has 1 aromatic rings. The molecule has 0 saturated carbocycles. The van der Waals surface area contributed by atoms with Crippen LogP contribution in [0.15, 0.2) is 6.20 Å². The van der Waals surface area contributed by atoms with Crippen molar-refractivity contribution in [2.75, 3.05) is 5.73 Å². The largest absolute Gasteiger partial charge is 0.396 e. The molecule has 100 valence electrons. The number of hydrogen-bond donors (Lipinski definition) is 1. The first-order valence-corrected chi connectivity index (χ1v) is 6.70. The van der Waals surface area contributed by atoms with Gasteiger partial charge in [-0.15, -0.1) is 0 Å². The molecule has 5 heteroatoms. The quantitative estimate of drug-likeness (QED) is 0.871. The van der Waals surface area contributed by atoms with E-state index in [1.807, 2.05) is 11.8 Å². The molecule has 1 aliphatic heterocycles. The summed E-state index contributed by atoms with van der Waals surface area (Å²) >= 11 is 0. The van der Waals surface area contributed by atoms with Gasteiger partial charge < -0.3 is 10.6 Å². The number of anilines is 1. The van der Waals surface area contributed by atoms with Crippen LogP contribution in [0.3, 0.4) is 0 Å². The minimum absolute atomic E-state index is 0.0200. The van der Waals surface area contributed by atoms with Crippen LogP contribution in [-0.4, -0.2) is 32.7 Å². The van der Waals surface area contributed by atoms with Crippen LogP contribution in [0.4, 0.5) is 5.69 Å². The Balaban J connectivity index is 2.32. The van der Waals surface area contributed by atoms with Gasteiger partial charge in [-0.3, -0.25) is 9.48 Å². The smallest absolute Gasteiger partial charge is 0.274 e. The van der Waals surface area contributed by atoms with Crippen LogP contribution < -0.4 is 5.73 Å². The van der Waals surface area contributed by atoms with E-state index >= 15 is 0 Å². The maximum atomic E-state index is 12.7. The number of likely N-dealkylation sites (tertiary alicyclic amines) is 1. The number of piperidine rings is 1. The summed E-state index contributed by atoms with van der Waals surface area (Å²) in [4.78, 5) is 14.6. The van der Waals surface area contributed by atoms with Gasteiger partial charge in [0.15, 0.2) is 0 Å². The molecule has 1 saturated heterocycles. The highest BCUT2D eigenvalue weighted by molar-refractivity contribution is 5.97. The zero-order valence-corrected chi connectivity index (χ0v) is 11.4. The van der Waals surface area contributed by atoms with Crippen molar-refractivity contribution in [3.8, 4) is 0 Å². The maximum absolute atomic E-state index is 12.7. The number of amides is 1. The van der Waals surface area contributed by atoms with Gasteiger partial charge in [0, 0.05) is 18.6 Å². The Morgan fingerprint density at radius 2 is 2.06 bits per heavy atom. The van der Waals surface area contributed by atoms with Gasteiger partial charge >= 0.3 is 0 Å². The minimum Gasteiger partial charge on any atom is -0.396 e. The number of carbonyl (C=O) groups is 1. The lowest BCUT2D eigenvalue weighted by Crippen LogP contribution is -2.48. The second-order valence-electron chi connectivity index (χ2n) is 5.11. The highest BCUT2D eigenvalue weighted by Gasteiger charge is 2.32. The molecule has 5 nitrogen and oxygen atoms in total. The second kappa shape index (κ2) is 5.00. The van der Waals surface area contributed by atoms with Crippen molar-refractivity contribution in [2.45, 2.75) is 58.7 Å². The molecule has 1 aromatic heterocycles. The Bertz CT molecular complexity index is 430. The van der Waals surface area contributed by atoms with Crippen molar-refractivity contribution < 1.29 is 4.79 Å². The molecule has 1 aliphatic rings. The molecule has 2 heterocycles. The number of aryl methyl sites for hydroxylation is 1. The van der Waals surface area contributed by atoms with E-state index in [2.05, 4.69) is 18.9 Å². The van der Waals surface area contributed by atoms with Crippen LogP contribution in [0.2, 0.25) is 0 Å². The Morgan fingerprint density at radius 3 is 2.61 bits per heavy atom. The molecule has 18 heavy (non-hydrogen) atoms. The van der Waals surface area contributed by atoms with Crippen LogP contribution in [0, 0.1) is 0 Å². The molecule has 2 N–H and O–H groups in total. The zero-order chi connectivity index (χ0) is 13.3. The van der Waals surface area contributed by atoms with Crippen molar-refractivity contribution in [1.29, 1.82) is 0 Å². The third-order valence-electron chi connectivity index (χ3n) is 3.80. The Morgan fingerprint density at radius 1 is 1.44 bits per heavy atom. The third kappa shape index (κ3) is 2.09. The summed E-state index contributed by atoms with van der Waals surface area (Å²) in [6, 6.07) is 0.557. The minimum atomic E-state index is 0.0200. The van der Waals surface area contributed by atoms with Crippen molar-refractivity contribution >= 4 is 11.6 Å². The lowest BCUT2D eigenvalue weighted by Gasteiger charge is -2.39. The van der Waals surface area contributed by atoms with Gasteiger partial charge in [0.1, 0.15) is 5.69 Å². The number of rotatable bonds is 2. The number of nitrogen functional groups attached to an aromatic ring is 1. The number of hydrogen-bond acceptors (Lipinski definition) is 3. The standard InChI is InChI=1S/C13H22N4O/c1-4-16-12(11(14)8-15-16)13(18)17-9(2)6-5-7-10(17)3/h8-10H,4-7,14H2,1-3H3. The van der Waals surface area contributed by atoms with E-state index in [0.29, 0.717) is 17.9 Å². The van der Waals surface area contributed by atoms with E-state index in [-0.39, 0.29) is 18.0 Å². The lowest BCUT2D eigenvalue weighted by molar-refractivity contribution is 0.0499. The summed E-state index contributed by atoms with van der Waals surface area (Å²) in [5.74, 6) is 0.0200. The summed E-state index contributed by atoms with van der Waals surface area (Å²) < 4.78 is 1.69.